The first-order chi connectivity index (χ1) is 13.4. The van der Waals surface area contributed by atoms with E-state index in [1.165, 1.54) is 54.6 Å². The van der Waals surface area contributed by atoms with Crippen LogP contribution in [-0.4, -0.2) is 0 Å². The largest absolute Gasteiger partial charge is 0.455 e. The van der Waals surface area contributed by atoms with Gasteiger partial charge < -0.3 is 4.42 Å². The van der Waals surface area contributed by atoms with Gasteiger partial charge in [-0.15, -0.1) is 0 Å². The normalized spacial score (nSPS) is 13.0. The van der Waals surface area contributed by atoms with Gasteiger partial charge in [-0.1, -0.05) is 66.7 Å². The van der Waals surface area contributed by atoms with Crippen LogP contribution < -0.4 is 10.4 Å². The van der Waals surface area contributed by atoms with Gasteiger partial charge in [0.25, 0.3) is 0 Å². The second-order valence-corrected chi connectivity index (χ2v) is 7.34. The van der Waals surface area contributed by atoms with E-state index in [0.29, 0.717) is 0 Å². The summed E-state index contributed by atoms with van der Waals surface area (Å²) in [6.45, 7) is 0. The van der Waals surface area contributed by atoms with E-state index >= 15 is 0 Å². The van der Waals surface area contributed by atoms with Crippen molar-refractivity contribution in [2.24, 2.45) is 0 Å². The number of para-hydroxylation sites is 1. The fraction of sp³-hybridized carbons (Fsp3) is 0. The molecule has 0 amide bonds. The monoisotopic (exact) mass is 342 g/mol. The number of benzene rings is 4. The third-order valence-electron chi connectivity index (χ3n) is 5.96. The van der Waals surface area contributed by atoms with Crippen molar-refractivity contribution in [3.8, 4) is 22.3 Å². The van der Waals surface area contributed by atoms with Crippen LogP contribution in [0.2, 0.25) is 0 Å². The van der Waals surface area contributed by atoms with Gasteiger partial charge in [0.2, 0.25) is 0 Å². The van der Waals surface area contributed by atoms with Gasteiger partial charge in [-0.2, -0.15) is 0 Å². The molecule has 1 heterocycles. The average Bonchev–Trinajstić information content (AvgIpc) is 3.38. The molecule has 0 atom stereocenters. The first kappa shape index (κ1) is 13.6. The van der Waals surface area contributed by atoms with Crippen LogP contribution in [0.4, 0.5) is 0 Å². The molecule has 1 heteroatoms. The first-order valence-electron chi connectivity index (χ1n) is 9.29. The van der Waals surface area contributed by atoms with E-state index in [9.17, 15) is 0 Å². The molecule has 2 aliphatic rings. The van der Waals surface area contributed by atoms with Gasteiger partial charge in [0.15, 0.2) is 0 Å². The fourth-order valence-corrected chi connectivity index (χ4v) is 4.86. The minimum Gasteiger partial charge on any atom is -0.455 e. The van der Waals surface area contributed by atoms with Crippen LogP contribution >= 0.6 is 0 Å². The lowest BCUT2D eigenvalue weighted by Gasteiger charge is -2.07. The fourth-order valence-electron chi connectivity index (χ4n) is 4.86. The van der Waals surface area contributed by atoms with Crippen LogP contribution in [0.5, 0.6) is 0 Å². The molecule has 7 rings (SSSR count). The maximum atomic E-state index is 6.46. The van der Waals surface area contributed by atoms with Crippen molar-refractivity contribution < 1.29 is 4.42 Å². The van der Waals surface area contributed by atoms with Gasteiger partial charge in [-0.25, -0.2) is 0 Å². The van der Waals surface area contributed by atoms with E-state index in [2.05, 4.69) is 78.9 Å². The lowest BCUT2D eigenvalue weighted by atomic mass is 9.95. The number of hydrogen-bond donors (Lipinski definition) is 0. The Hall–Kier alpha value is -3.58. The van der Waals surface area contributed by atoms with Crippen LogP contribution in [0, 0.1) is 0 Å². The van der Waals surface area contributed by atoms with Gasteiger partial charge in [-0.3, -0.25) is 0 Å². The van der Waals surface area contributed by atoms with Crippen molar-refractivity contribution in [1.29, 1.82) is 0 Å². The molecule has 0 N–H and O–H groups in total. The van der Waals surface area contributed by atoms with Gasteiger partial charge >= 0.3 is 0 Å². The molecule has 0 aliphatic heterocycles. The Morgan fingerprint density at radius 1 is 0.556 bits per heavy atom. The Bertz CT molecular complexity index is 1560. The molecular formula is C26H14O. The summed E-state index contributed by atoms with van der Waals surface area (Å²) in [7, 11) is 0. The zero-order chi connectivity index (χ0) is 17.5. The number of hydrogen-bond acceptors (Lipinski definition) is 1. The van der Waals surface area contributed by atoms with Crippen LogP contribution in [0.1, 0.15) is 11.1 Å². The van der Waals surface area contributed by atoms with Crippen LogP contribution in [0.25, 0.3) is 56.3 Å². The van der Waals surface area contributed by atoms with Crippen LogP contribution in [-0.2, 0) is 0 Å². The maximum Gasteiger partial charge on any atom is 0.144 e. The molecule has 0 bridgehead atoms. The summed E-state index contributed by atoms with van der Waals surface area (Å²) < 4.78 is 6.46. The van der Waals surface area contributed by atoms with Crippen molar-refractivity contribution in [3.05, 3.63) is 94.4 Å². The quantitative estimate of drug-likeness (QED) is 0.369. The van der Waals surface area contributed by atoms with E-state index in [1.54, 1.807) is 0 Å². The van der Waals surface area contributed by atoms with E-state index in [0.717, 1.165) is 11.2 Å². The zero-order valence-electron chi connectivity index (χ0n) is 14.5. The number of fused-ring (bicyclic) bond motifs is 12. The molecule has 0 spiro atoms. The molecule has 0 saturated carbocycles. The maximum absolute atomic E-state index is 6.46. The zero-order valence-corrected chi connectivity index (χ0v) is 14.5. The molecule has 0 fully saturated rings. The Morgan fingerprint density at radius 3 is 1.93 bits per heavy atom. The molecule has 4 aromatic carbocycles. The average molecular weight is 342 g/mol. The lowest BCUT2D eigenvalue weighted by Crippen LogP contribution is -2.25. The van der Waals surface area contributed by atoms with Crippen molar-refractivity contribution in [3.63, 3.8) is 0 Å². The summed E-state index contributed by atoms with van der Waals surface area (Å²) in [5.74, 6) is 0. The van der Waals surface area contributed by atoms with Gasteiger partial charge in [0, 0.05) is 21.9 Å². The highest BCUT2D eigenvalue weighted by molar-refractivity contribution is 6.19. The minimum absolute atomic E-state index is 0.955. The second-order valence-electron chi connectivity index (χ2n) is 7.34. The lowest BCUT2D eigenvalue weighted by molar-refractivity contribution is 0.670. The van der Waals surface area contributed by atoms with Crippen molar-refractivity contribution >= 4 is 34.1 Å². The molecule has 1 aromatic heterocycles. The SMILES string of the molecule is C1=c2c(c3oc4ccccc4c3c3c2=Cc2ccccc2-3)-c2ccccc21. The van der Waals surface area contributed by atoms with Crippen LogP contribution in [0.3, 0.4) is 0 Å². The van der Waals surface area contributed by atoms with Gasteiger partial charge in [0.05, 0.1) is 0 Å². The molecular weight excluding hydrogens is 328 g/mol. The molecule has 0 saturated heterocycles. The summed E-state index contributed by atoms with van der Waals surface area (Å²) in [5, 5.41) is 5.04. The Balaban J connectivity index is 1.83. The van der Waals surface area contributed by atoms with E-state index in [4.69, 9.17) is 4.42 Å². The van der Waals surface area contributed by atoms with Gasteiger partial charge in [-0.05, 0) is 50.9 Å². The van der Waals surface area contributed by atoms with E-state index in [-0.39, 0.29) is 0 Å². The predicted octanol–water partition coefficient (Wildman–Crippen LogP) is 5.20. The first-order valence-corrected chi connectivity index (χ1v) is 9.29. The third kappa shape index (κ3) is 1.56. The highest BCUT2D eigenvalue weighted by Crippen LogP contribution is 2.42. The topological polar surface area (TPSA) is 13.1 Å². The second kappa shape index (κ2) is 4.57. The minimum atomic E-state index is 0.955. The van der Waals surface area contributed by atoms with Crippen molar-refractivity contribution in [1.82, 2.24) is 0 Å². The Morgan fingerprint density at radius 2 is 1.15 bits per heavy atom. The van der Waals surface area contributed by atoms with E-state index in [1.807, 2.05) is 6.07 Å². The summed E-state index contributed by atoms with van der Waals surface area (Å²) >= 11 is 0. The summed E-state index contributed by atoms with van der Waals surface area (Å²) in [6, 6.07) is 25.7. The van der Waals surface area contributed by atoms with Crippen LogP contribution in [0.15, 0.2) is 77.2 Å². The number of rotatable bonds is 0. The van der Waals surface area contributed by atoms with E-state index < -0.39 is 0 Å². The molecule has 1 nitrogen and oxygen atoms in total. The highest BCUT2D eigenvalue weighted by atomic mass is 16.3. The van der Waals surface area contributed by atoms with Crippen molar-refractivity contribution in [2.75, 3.05) is 0 Å². The predicted molar refractivity (Wildman–Crippen MR) is 111 cm³/mol. The highest BCUT2D eigenvalue weighted by Gasteiger charge is 2.26. The summed E-state index contributed by atoms with van der Waals surface area (Å²) in [6.07, 6.45) is 4.66. The standard InChI is InChI=1S/C26H14O/c1-3-9-17-15(7-1)13-20-21-14-16-8-2-4-10-18(16)24(21)26-25(23(17)20)19-11-5-6-12-22(19)27-26/h1-14H. The Kier molecular flexibility index (Phi) is 2.30. The molecule has 0 radical (unpaired) electrons. The van der Waals surface area contributed by atoms with Gasteiger partial charge in [0.1, 0.15) is 11.2 Å². The molecule has 27 heavy (non-hydrogen) atoms. The summed E-state index contributed by atoms with van der Waals surface area (Å²) in [4.78, 5) is 0. The smallest absolute Gasteiger partial charge is 0.144 e. The Labute approximate surface area is 155 Å². The number of furan rings is 1. The molecule has 0 unspecified atom stereocenters. The molecule has 2 aliphatic carbocycles. The molecule has 124 valence electrons. The summed E-state index contributed by atoms with van der Waals surface area (Å²) in [5.41, 5.74) is 9.64. The van der Waals surface area contributed by atoms with Crippen molar-refractivity contribution in [2.45, 2.75) is 0 Å². The molecule has 5 aromatic rings. The third-order valence-corrected chi connectivity index (χ3v) is 5.96.